The molecule has 0 bridgehead atoms. The van der Waals surface area contributed by atoms with Gasteiger partial charge in [0, 0.05) is 17.5 Å². The molecule has 1 amide bonds. The maximum atomic E-state index is 12.2. The Kier molecular flexibility index (Phi) is 8.22. The number of carboxylic acid groups (broad SMARTS) is 1. The second-order valence-electron chi connectivity index (χ2n) is 6.59. The third-order valence-corrected chi connectivity index (χ3v) is 6.57. The van der Waals surface area contributed by atoms with E-state index in [1.54, 1.807) is 31.4 Å². The van der Waals surface area contributed by atoms with Crippen molar-refractivity contribution in [3.8, 4) is 5.75 Å². The van der Waals surface area contributed by atoms with Crippen LogP contribution in [-0.4, -0.2) is 24.1 Å². The molecule has 0 aliphatic heterocycles. The number of carboxylic acids is 1. The molecular weight excluding hydrogens is 469 g/mol. The Morgan fingerprint density at radius 3 is 2.41 bits per heavy atom. The summed E-state index contributed by atoms with van der Waals surface area (Å²) < 4.78 is 5.37. The van der Waals surface area contributed by atoms with Gasteiger partial charge in [-0.1, -0.05) is 65.3 Å². The van der Waals surface area contributed by atoms with E-state index < -0.39 is 5.97 Å². The predicted octanol–water partition coefficient (Wildman–Crippen LogP) is 6.18. The van der Waals surface area contributed by atoms with Crippen LogP contribution in [0.15, 0.2) is 76.5 Å². The molecule has 0 aliphatic carbocycles. The van der Waals surface area contributed by atoms with Crippen LogP contribution in [0.4, 0.5) is 0 Å². The summed E-state index contributed by atoms with van der Waals surface area (Å²) in [6, 6.07) is 17.5. The topological polar surface area (TPSA) is 75.6 Å². The van der Waals surface area contributed by atoms with Gasteiger partial charge in [-0.25, -0.2) is 4.79 Å². The third kappa shape index (κ3) is 6.07. The second kappa shape index (κ2) is 11.1. The van der Waals surface area contributed by atoms with Crippen LogP contribution in [0.5, 0.6) is 5.75 Å². The zero-order valence-electron chi connectivity index (χ0n) is 17.0. The highest BCUT2D eigenvalue weighted by Gasteiger charge is 2.12. The molecule has 0 spiro atoms. The summed E-state index contributed by atoms with van der Waals surface area (Å²) in [5.74, 6) is -0.568. The van der Waals surface area contributed by atoms with Gasteiger partial charge < -0.3 is 15.2 Å². The molecule has 0 fully saturated rings. The quantitative estimate of drug-likeness (QED) is 0.371. The highest BCUT2D eigenvalue weighted by molar-refractivity contribution is 7.99. The molecule has 0 radical (unpaired) electrons. The van der Waals surface area contributed by atoms with Gasteiger partial charge in [0.25, 0.3) is 0 Å². The molecule has 0 aromatic heterocycles. The summed E-state index contributed by atoms with van der Waals surface area (Å²) in [6.07, 6.45) is 2.96. The number of rotatable bonds is 8. The molecule has 0 heterocycles. The summed E-state index contributed by atoms with van der Waals surface area (Å²) >= 11 is 14.3. The van der Waals surface area contributed by atoms with E-state index in [-0.39, 0.29) is 18.0 Å². The highest BCUT2D eigenvalue weighted by atomic mass is 35.5. The van der Waals surface area contributed by atoms with Crippen molar-refractivity contribution in [2.75, 3.05) is 7.11 Å². The molecule has 0 saturated carbocycles. The predicted molar refractivity (Wildman–Crippen MR) is 128 cm³/mol. The van der Waals surface area contributed by atoms with Crippen LogP contribution in [0.3, 0.4) is 0 Å². The first-order valence-electron chi connectivity index (χ1n) is 9.46. The number of ether oxygens (including phenoxy) is 1. The van der Waals surface area contributed by atoms with Crippen LogP contribution in [0.1, 0.15) is 21.5 Å². The molecule has 0 atom stereocenters. The van der Waals surface area contributed by atoms with Crippen LogP contribution in [-0.2, 0) is 11.3 Å². The van der Waals surface area contributed by atoms with Gasteiger partial charge in [0.05, 0.1) is 27.6 Å². The average molecular weight is 488 g/mol. The fourth-order valence-corrected chi connectivity index (χ4v) is 4.29. The molecular formula is C24H19Cl2NO4S. The SMILES string of the molecule is COc1ccccc1Sc1ccc(/C=C/C(=O)NCc2ccc(C(=O)O)cc2)c(Cl)c1Cl. The lowest BCUT2D eigenvalue weighted by Crippen LogP contribution is -2.20. The number of benzene rings is 3. The van der Waals surface area contributed by atoms with Gasteiger partial charge >= 0.3 is 5.97 Å². The van der Waals surface area contributed by atoms with Crippen molar-refractivity contribution < 1.29 is 19.4 Å². The van der Waals surface area contributed by atoms with Crippen LogP contribution in [0.2, 0.25) is 10.0 Å². The first-order chi connectivity index (χ1) is 15.4. The van der Waals surface area contributed by atoms with Crippen LogP contribution >= 0.6 is 35.0 Å². The van der Waals surface area contributed by atoms with Crippen LogP contribution < -0.4 is 10.1 Å². The lowest BCUT2D eigenvalue weighted by molar-refractivity contribution is -0.116. The molecule has 3 aromatic rings. The Bertz CT molecular complexity index is 1160. The van der Waals surface area contributed by atoms with Gasteiger partial charge in [-0.15, -0.1) is 0 Å². The summed E-state index contributed by atoms with van der Waals surface area (Å²) in [4.78, 5) is 24.7. The van der Waals surface area contributed by atoms with E-state index in [4.69, 9.17) is 33.0 Å². The number of para-hydroxylation sites is 1. The number of carbonyl (C=O) groups is 2. The van der Waals surface area contributed by atoms with Gasteiger partial charge in [0.1, 0.15) is 5.75 Å². The maximum absolute atomic E-state index is 12.2. The van der Waals surface area contributed by atoms with Crippen molar-refractivity contribution in [2.24, 2.45) is 0 Å². The van der Waals surface area contributed by atoms with Crippen molar-refractivity contribution in [1.82, 2.24) is 5.32 Å². The smallest absolute Gasteiger partial charge is 0.335 e. The second-order valence-corrected chi connectivity index (χ2v) is 8.43. The van der Waals surface area contributed by atoms with Crippen LogP contribution in [0, 0.1) is 0 Å². The van der Waals surface area contributed by atoms with Gasteiger partial charge in [-0.05, 0) is 47.5 Å². The molecule has 0 aliphatic rings. The Morgan fingerprint density at radius 2 is 1.72 bits per heavy atom. The van der Waals surface area contributed by atoms with E-state index in [0.717, 1.165) is 21.1 Å². The maximum Gasteiger partial charge on any atom is 0.335 e. The number of nitrogens with one attached hydrogen (secondary N) is 1. The Labute approximate surface area is 200 Å². The highest BCUT2D eigenvalue weighted by Crippen LogP contribution is 2.41. The number of methoxy groups -OCH3 is 1. The Morgan fingerprint density at radius 1 is 1.00 bits per heavy atom. The van der Waals surface area contributed by atoms with Gasteiger partial charge in [-0.2, -0.15) is 0 Å². The average Bonchev–Trinajstić information content (AvgIpc) is 2.80. The Balaban J connectivity index is 1.64. The number of amides is 1. The third-order valence-electron chi connectivity index (χ3n) is 4.45. The van der Waals surface area contributed by atoms with E-state index in [1.807, 2.05) is 30.3 Å². The minimum atomic E-state index is -0.994. The van der Waals surface area contributed by atoms with Gasteiger partial charge in [-0.3, -0.25) is 4.79 Å². The van der Waals surface area contributed by atoms with Gasteiger partial charge in [0.15, 0.2) is 0 Å². The first-order valence-corrected chi connectivity index (χ1v) is 11.0. The largest absolute Gasteiger partial charge is 0.496 e. The summed E-state index contributed by atoms with van der Waals surface area (Å²) in [5.41, 5.74) is 1.59. The fraction of sp³-hybridized carbons (Fsp3) is 0.0833. The monoisotopic (exact) mass is 487 g/mol. The number of carbonyl (C=O) groups excluding carboxylic acids is 1. The molecule has 0 unspecified atom stereocenters. The van der Waals surface area contributed by atoms with Gasteiger partial charge in [0.2, 0.25) is 5.91 Å². The van der Waals surface area contributed by atoms with E-state index in [1.165, 1.54) is 30.0 Å². The van der Waals surface area contributed by atoms with Crippen molar-refractivity contribution in [2.45, 2.75) is 16.3 Å². The van der Waals surface area contributed by atoms with E-state index >= 15 is 0 Å². The minimum Gasteiger partial charge on any atom is -0.496 e. The molecule has 0 saturated heterocycles. The molecule has 3 aromatic carbocycles. The lowest BCUT2D eigenvalue weighted by atomic mass is 10.1. The first kappa shape index (κ1) is 23.7. The number of halogens is 2. The number of hydrogen-bond acceptors (Lipinski definition) is 4. The molecule has 32 heavy (non-hydrogen) atoms. The Hall–Kier alpha value is -2.93. The fourth-order valence-electron chi connectivity index (χ4n) is 2.75. The van der Waals surface area contributed by atoms with E-state index in [9.17, 15) is 9.59 Å². The molecule has 164 valence electrons. The number of hydrogen-bond donors (Lipinski definition) is 2. The molecule has 8 heteroatoms. The molecule has 3 rings (SSSR count). The lowest BCUT2D eigenvalue weighted by Gasteiger charge is -2.11. The summed E-state index contributed by atoms with van der Waals surface area (Å²) in [7, 11) is 1.61. The zero-order valence-corrected chi connectivity index (χ0v) is 19.3. The van der Waals surface area contributed by atoms with Crippen molar-refractivity contribution in [1.29, 1.82) is 0 Å². The van der Waals surface area contributed by atoms with Crippen molar-refractivity contribution in [3.63, 3.8) is 0 Å². The van der Waals surface area contributed by atoms with Crippen molar-refractivity contribution in [3.05, 3.63) is 93.5 Å². The summed E-state index contributed by atoms with van der Waals surface area (Å²) in [6.45, 7) is 0.270. The van der Waals surface area contributed by atoms with Crippen LogP contribution in [0.25, 0.3) is 6.08 Å². The summed E-state index contributed by atoms with van der Waals surface area (Å²) in [5, 5.41) is 12.4. The normalized spacial score (nSPS) is 10.8. The molecule has 2 N–H and O–H groups in total. The number of aromatic carboxylic acids is 1. The standard InChI is InChI=1S/C24H19Cl2NO4S/c1-31-18-4-2-3-5-19(18)32-20-12-10-16(22(25)23(20)26)11-13-21(28)27-14-15-6-8-17(9-7-15)24(29)30/h2-13H,14H2,1H3,(H,27,28)(H,29,30)/b13-11+. The minimum absolute atomic E-state index is 0.193. The van der Waals surface area contributed by atoms with E-state index in [0.29, 0.717) is 15.6 Å². The van der Waals surface area contributed by atoms with Crippen molar-refractivity contribution >= 4 is 52.9 Å². The van der Waals surface area contributed by atoms with E-state index in [2.05, 4.69) is 5.32 Å². The zero-order chi connectivity index (χ0) is 23.1. The molecule has 5 nitrogen and oxygen atoms in total.